The normalized spacial score (nSPS) is 12.6. The Morgan fingerprint density at radius 1 is 1.56 bits per heavy atom. The lowest BCUT2D eigenvalue weighted by atomic mass is 10.3. The van der Waals surface area contributed by atoms with Crippen molar-refractivity contribution in [2.24, 2.45) is 0 Å². The summed E-state index contributed by atoms with van der Waals surface area (Å²) in [6.07, 6.45) is 4.93. The minimum Gasteiger partial charge on any atom is -0.390 e. The quantitative estimate of drug-likeness (QED) is 0.427. The minimum absolute atomic E-state index is 0.401. The van der Waals surface area contributed by atoms with E-state index in [9.17, 15) is 5.11 Å². The van der Waals surface area contributed by atoms with E-state index in [-0.39, 0.29) is 0 Å². The summed E-state index contributed by atoms with van der Waals surface area (Å²) in [5.74, 6) is 0.600. The van der Waals surface area contributed by atoms with Crippen LogP contribution < -0.4 is 0 Å². The van der Waals surface area contributed by atoms with Crippen LogP contribution in [0.2, 0.25) is 0 Å². The molecular formula is C11H18N2O2S. The summed E-state index contributed by atoms with van der Waals surface area (Å²) in [4.78, 5) is 7.89. The van der Waals surface area contributed by atoms with Gasteiger partial charge in [0.1, 0.15) is 6.33 Å². The first-order chi connectivity index (χ1) is 7.83. The molecule has 5 heteroatoms. The Hall–Kier alpha value is -0.650. The lowest BCUT2D eigenvalue weighted by molar-refractivity contribution is 0.0473. The highest BCUT2D eigenvalue weighted by molar-refractivity contribution is 7.99. The van der Waals surface area contributed by atoms with E-state index in [1.165, 1.54) is 18.1 Å². The van der Waals surface area contributed by atoms with Gasteiger partial charge in [0.2, 0.25) is 0 Å². The first kappa shape index (κ1) is 13.4. The van der Waals surface area contributed by atoms with Gasteiger partial charge < -0.3 is 9.84 Å². The number of nitrogens with zero attached hydrogens (tertiary/aromatic N) is 2. The maximum absolute atomic E-state index is 9.62. The maximum atomic E-state index is 9.62. The van der Waals surface area contributed by atoms with Crippen molar-refractivity contribution < 1.29 is 9.84 Å². The van der Waals surface area contributed by atoms with Gasteiger partial charge in [-0.1, -0.05) is 13.3 Å². The van der Waals surface area contributed by atoms with Crippen molar-refractivity contribution in [1.82, 2.24) is 9.97 Å². The molecule has 1 heterocycles. The third-order valence-electron chi connectivity index (χ3n) is 1.93. The minimum atomic E-state index is -0.433. The van der Waals surface area contributed by atoms with Crippen molar-refractivity contribution in [3.8, 4) is 0 Å². The summed E-state index contributed by atoms with van der Waals surface area (Å²) in [5.41, 5.74) is 0. The van der Waals surface area contributed by atoms with Gasteiger partial charge in [-0.15, -0.1) is 11.8 Å². The number of hydrogen-bond acceptors (Lipinski definition) is 5. The zero-order valence-corrected chi connectivity index (χ0v) is 10.3. The molecule has 0 aliphatic rings. The highest BCUT2D eigenvalue weighted by Crippen LogP contribution is 2.14. The zero-order valence-electron chi connectivity index (χ0n) is 9.50. The summed E-state index contributed by atoms with van der Waals surface area (Å²) in [5, 5.41) is 10.5. The molecule has 16 heavy (non-hydrogen) atoms. The number of aliphatic hydroxyl groups excluding tert-OH is 1. The summed E-state index contributed by atoms with van der Waals surface area (Å²) in [6.45, 7) is 3.24. The average molecular weight is 242 g/mol. The van der Waals surface area contributed by atoms with Crippen LogP contribution in [0.4, 0.5) is 0 Å². The average Bonchev–Trinajstić information content (AvgIpc) is 2.33. The second-order valence-electron chi connectivity index (χ2n) is 3.44. The van der Waals surface area contributed by atoms with Gasteiger partial charge in [-0.2, -0.15) is 0 Å². The van der Waals surface area contributed by atoms with E-state index >= 15 is 0 Å². The molecule has 1 aromatic rings. The molecule has 0 saturated carbocycles. The van der Waals surface area contributed by atoms with Gasteiger partial charge >= 0.3 is 0 Å². The van der Waals surface area contributed by atoms with E-state index in [1.54, 1.807) is 6.20 Å². The molecule has 0 amide bonds. The molecule has 1 aromatic heterocycles. The molecular weight excluding hydrogens is 224 g/mol. The van der Waals surface area contributed by atoms with E-state index < -0.39 is 6.10 Å². The fourth-order valence-electron chi connectivity index (χ4n) is 1.06. The smallest absolute Gasteiger partial charge is 0.116 e. The second-order valence-corrected chi connectivity index (χ2v) is 4.48. The van der Waals surface area contributed by atoms with Gasteiger partial charge in [-0.3, -0.25) is 0 Å². The highest BCUT2D eigenvalue weighted by atomic mass is 32.2. The Kier molecular flexibility index (Phi) is 7.12. The van der Waals surface area contributed by atoms with Crippen LogP contribution in [0.15, 0.2) is 23.6 Å². The third-order valence-corrected chi connectivity index (χ3v) is 3.02. The monoisotopic (exact) mass is 242 g/mol. The van der Waals surface area contributed by atoms with Crippen LogP contribution in [0.25, 0.3) is 0 Å². The van der Waals surface area contributed by atoms with E-state index in [0.717, 1.165) is 24.5 Å². The Labute approximate surface area is 100 Å². The molecule has 1 unspecified atom stereocenters. The summed E-state index contributed by atoms with van der Waals surface area (Å²) < 4.78 is 5.33. The maximum Gasteiger partial charge on any atom is 0.116 e. The second kappa shape index (κ2) is 8.50. The molecule has 1 rings (SSSR count). The predicted octanol–water partition coefficient (Wildman–Crippen LogP) is 1.75. The Morgan fingerprint density at radius 2 is 2.44 bits per heavy atom. The van der Waals surface area contributed by atoms with Gasteiger partial charge in [0.25, 0.3) is 0 Å². The molecule has 90 valence electrons. The van der Waals surface area contributed by atoms with E-state index in [0.29, 0.717) is 12.4 Å². The largest absolute Gasteiger partial charge is 0.390 e. The molecule has 1 atom stereocenters. The van der Waals surface area contributed by atoms with E-state index in [2.05, 4.69) is 16.9 Å². The number of hydrogen-bond donors (Lipinski definition) is 1. The predicted molar refractivity (Wildman–Crippen MR) is 64.5 cm³/mol. The van der Waals surface area contributed by atoms with Crippen molar-refractivity contribution in [2.45, 2.75) is 30.9 Å². The molecule has 0 aliphatic heterocycles. The molecule has 0 saturated heterocycles. The summed E-state index contributed by atoms with van der Waals surface area (Å²) in [7, 11) is 0. The summed E-state index contributed by atoms with van der Waals surface area (Å²) >= 11 is 1.51. The van der Waals surface area contributed by atoms with Crippen LogP contribution >= 0.6 is 11.8 Å². The molecule has 0 radical (unpaired) electrons. The standard InChI is InChI=1S/C11H18N2O2S/c1-2-3-6-15-7-10(14)8-16-11-4-5-12-9-13-11/h4-5,9-10,14H,2-3,6-8H2,1H3. The lowest BCUT2D eigenvalue weighted by Crippen LogP contribution is -2.18. The SMILES string of the molecule is CCCCOCC(O)CSc1ccncn1. The number of rotatable bonds is 8. The van der Waals surface area contributed by atoms with Crippen molar-refractivity contribution in [2.75, 3.05) is 19.0 Å². The Morgan fingerprint density at radius 3 is 3.12 bits per heavy atom. The summed E-state index contributed by atoms with van der Waals surface area (Å²) in [6, 6.07) is 1.83. The van der Waals surface area contributed by atoms with Gasteiger partial charge in [0, 0.05) is 18.6 Å². The van der Waals surface area contributed by atoms with Crippen LogP contribution in [0.1, 0.15) is 19.8 Å². The fourth-order valence-corrected chi connectivity index (χ4v) is 1.80. The molecule has 0 spiro atoms. The zero-order chi connectivity index (χ0) is 11.6. The number of aliphatic hydroxyl groups is 1. The van der Waals surface area contributed by atoms with Gasteiger partial charge in [-0.25, -0.2) is 9.97 Å². The molecule has 0 aromatic carbocycles. The first-order valence-corrected chi connectivity index (χ1v) is 6.46. The van der Waals surface area contributed by atoms with Gasteiger partial charge in [-0.05, 0) is 12.5 Å². The van der Waals surface area contributed by atoms with Crippen LogP contribution in [0, 0.1) is 0 Å². The van der Waals surface area contributed by atoms with Crippen LogP contribution in [-0.4, -0.2) is 40.1 Å². The number of ether oxygens (including phenoxy) is 1. The highest BCUT2D eigenvalue weighted by Gasteiger charge is 2.05. The fraction of sp³-hybridized carbons (Fsp3) is 0.636. The number of thioether (sulfide) groups is 1. The van der Waals surface area contributed by atoms with E-state index in [4.69, 9.17) is 4.74 Å². The van der Waals surface area contributed by atoms with Crippen molar-refractivity contribution >= 4 is 11.8 Å². The van der Waals surface area contributed by atoms with Crippen molar-refractivity contribution in [3.05, 3.63) is 18.6 Å². The lowest BCUT2D eigenvalue weighted by Gasteiger charge is -2.10. The molecule has 0 bridgehead atoms. The molecule has 0 aliphatic carbocycles. The van der Waals surface area contributed by atoms with Crippen LogP contribution in [-0.2, 0) is 4.74 Å². The Bertz CT molecular complexity index is 272. The van der Waals surface area contributed by atoms with Crippen LogP contribution in [0.3, 0.4) is 0 Å². The van der Waals surface area contributed by atoms with Gasteiger partial charge in [0.05, 0.1) is 17.7 Å². The molecule has 4 nitrogen and oxygen atoms in total. The number of unbranched alkanes of at least 4 members (excludes halogenated alkanes) is 1. The van der Waals surface area contributed by atoms with E-state index in [1.807, 2.05) is 6.07 Å². The third kappa shape index (κ3) is 6.05. The first-order valence-electron chi connectivity index (χ1n) is 5.47. The van der Waals surface area contributed by atoms with Crippen LogP contribution in [0.5, 0.6) is 0 Å². The molecule has 0 fully saturated rings. The van der Waals surface area contributed by atoms with Crippen molar-refractivity contribution in [1.29, 1.82) is 0 Å². The topological polar surface area (TPSA) is 55.2 Å². The Balaban J connectivity index is 2.08. The molecule has 1 N–H and O–H groups in total. The number of aromatic nitrogens is 2. The van der Waals surface area contributed by atoms with Gasteiger partial charge in [0.15, 0.2) is 0 Å². The van der Waals surface area contributed by atoms with Crippen molar-refractivity contribution in [3.63, 3.8) is 0 Å².